The maximum atomic E-state index is 12.0. The van der Waals surface area contributed by atoms with Gasteiger partial charge in [0.1, 0.15) is 6.26 Å². The lowest BCUT2D eigenvalue weighted by Crippen LogP contribution is -2.45. The van der Waals surface area contributed by atoms with Crippen LogP contribution in [0.2, 0.25) is 0 Å². The van der Waals surface area contributed by atoms with Crippen LogP contribution in [0.5, 0.6) is 0 Å². The zero-order valence-electron chi connectivity index (χ0n) is 12.7. The van der Waals surface area contributed by atoms with E-state index in [4.69, 9.17) is 4.42 Å². The maximum absolute atomic E-state index is 12.0. The van der Waals surface area contributed by atoms with Gasteiger partial charge in [0, 0.05) is 6.04 Å². The summed E-state index contributed by atoms with van der Waals surface area (Å²) in [5.41, 5.74) is 0.732. The molecule has 0 radical (unpaired) electrons. The minimum Gasteiger partial charge on any atom is -0.443 e. The molecule has 5 nitrogen and oxygen atoms in total. The van der Waals surface area contributed by atoms with Gasteiger partial charge < -0.3 is 15.1 Å². The van der Waals surface area contributed by atoms with Gasteiger partial charge in [-0.25, -0.2) is 9.78 Å². The summed E-state index contributed by atoms with van der Waals surface area (Å²) in [4.78, 5) is 17.4. The Balaban J connectivity index is 1.49. The molecular weight excluding hydrogens is 298 g/mol. The molecule has 22 heavy (non-hydrogen) atoms. The molecule has 2 atom stereocenters. The third-order valence-electron chi connectivity index (χ3n) is 4.14. The molecule has 6 heteroatoms. The lowest BCUT2D eigenvalue weighted by Gasteiger charge is -2.29. The van der Waals surface area contributed by atoms with Crippen molar-refractivity contribution in [3.05, 3.63) is 29.5 Å². The van der Waals surface area contributed by atoms with Crippen molar-refractivity contribution in [2.24, 2.45) is 5.92 Å². The summed E-state index contributed by atoms with van der Waals surface area (Å²) in [7, 11) is 0. The minimum atomic E-state index is -0.126. The third kappa shape index (κ3) is 3.68. The topological polar surface area (TPSA) is 67.2 Å². The maximum Gasteiger partial charge on any atom is 0.315 e. The second-order valence-electron chi connectivity index (χ2n) is 5.82. The van der Waals surface area contributed by atoms with Crippen LogP contribution in [0.3, 0.4) is 0 Å². The second-order valence-corrected chi connectivity index (χ2v) is 6.76. The highest BCUT2D eigenvalue weighted by atomic mass is 32.1. The average molecular weight is 319 g/mol. The number of thiophene rings is 1. The van der Waals surface area contributed by atoms with Crippen molar-refractivity contribution in [3.63, 3.8) is 0 Å². The number of hydrogen-bond acceptors (Lipinski definition) is 4. The number of rotatable bonds is 4. The second kappa shape index (κ2) is 6.96. The van der Waals surface area contributed by atoms with Gasteiger partial charge in [-0.15, -0.1) is 11.3 Å². The van der Waals surface area contributed by atoms with Gasteiger partial charge in [0.25, 0.3) is 0 Å². The normalized spacial score (nSPS) is 21.5. The van der Waals surface area contributed by atoms with Gasteiger partial charge in [0.2, 0.25) is 5.89 Å². The fourth-order valence-electron chi connectivity index (χ4n) is 2.82. The Morgan fingerprint density at radius 1 is 1.45 bits per heavy atom. The highest BCUT2D eigenvalue weighted by Gasteiger charge is 2.22. The zero-order valence-corrected chi connectivity index (χ0v) is 13.5. The van der Waals surface area contributed by atoms with Crippen molar-refractivity contribution in [1.29, 1.82) is 0 Å². The first-order chi connectivity index (χ1) is 10.7. The van der Waals surface area contributed by atoms with E-state index in [0.29, 0.717) is 18.4 Å². The molecule has 2 aromatic heterocycles. The van der Waals surface area contributed by atoms with E-state index < -0.39 is 0 Å². The van der Waals surface area contributed by atoms with E-state index >= 15 is 0 Å². The number of carbonyl (C=O) groups excluding carboxylic acids is 1. The molecule has 1 saturated carbocycles. The molecule has 2 amide bonds. The summed E-state index contributed by atoms with van der Waals surface area (Å²) in [6.45, 7) is 2.58. The fraction of sp³-hybridized carbons (Fsp3) is 0.500. The smallest absolute Gasteiger partial charge is 0.315 e. The van der Waals surface area contributed by atoms with Crippen LogP contribution in [0.4, 0.5) is 4.79 Å². The Morgan fingerprint density at radius 2 is 2.32 bits per heavy atom. The van der Waals surface area contributed by atoms with Crippen LogP contribution in [-0.4, -0.2) is 17.1 Å². The molecule has 118 valence electrons. The Bertz CT molecular complexity index is 609. The Kier molecular flexibility index (Phi) is 4.77. The van der Waals surface area contributed by atoms with Gasteiger partial charge in [-0.1, -0.05) is 25.8 Å². The van der Waals surface area contributed by atoms with Crippen LogP contribution < -0.4 is 10.6 Å². The van der Waals surface area contributed by atoms with E-state index in [1.807, 2.05) is 17.5 Å². The lowest BCUT2D eigenvalue weighted by molar-refractivity contribution is 0.221. The quantitative estimate of drug-likeness (QED) is 0.901. The van der Waals surface area contributed by atoms with Crippen molar-refractivity contribution in [2.75, 3.05) is 0 Å². The van der Waals surface area contributed by atoms with Gasteiger partial charge in [-0.3, -0.25) is 0 Å². The molecule has 0 aromatic carbocycles. The van der Waals surface area contributed by atoms with E-state index in [0.717, 1.165) is 17.0 Å². The van der Waals surface area contributed by atoms with Crippen LogP contribution in [0.25, 0.3) is 10.8 Å². The van der Waals surface area contributed by atoms with Crippen LogP contribution in [0.1, 0.15) is 38.3 Å². The van der Waals surface area contributed by atoms with Gasteiger partial charge in [-0.2, -0.15) is 0 Å². The summed E-state index contributed by atoms with van der Waals surface area (Å²) >= 11 is 1.58. The van der Waals surface area contributed by atoms with Crippen LogP contribution in [0, 0.1) is 5.92 Å². The number of oxazole rings is 1. The van der Waals surface area contributed by atoms with E-state index in [9.17, 15) is 4.79 Å². The minimum absolute atomic E-state index is 0.126. The van der Waals surface area contributed by atoms with Crippen molar-refractivity contribution in [2.45, 2.75) is 45.2 Å². The fourth-order valence-corrected chi connectivity index (χ4v) is 3.48. The molecule has 1 aliphatic carbocycles. The molecule has 1 fully saturated rings. The van der Waals surface area contributed by atoms with Crippen LogP contribution in [-0.2, 0) is 6.54 Å². The molecule has 2 aromatic rings. The molecule has 0 spiro atoms. The van der Waals surface area contributed by atoms with Crippen molar-refractivity contribution in [1.82, 2.24) is 15.6 Å². The van der Waals surface area contributed by atoms with E-state index in [-0.39, 0.29) is 12.1 Å². The largest absolute Gasteiger partial charge is 0.443 e. The SMILES string of the molecule is C[C@@H]1CCCC[C@H]1NC(=O)NCc1coc(-c2cccs2)n1. The molecule has 0 saturated heterocycles. The Labute approximate surface area is 134 Å². The number of nitrogens with one attached hydrogen (secondary N) is 2. The highest BCUT2D eigenvalue weighted by Crippen LogP contribution is 2.24. The highest BCUT2D eigenvalue weighted by molar-refractivity contribution is 7.13. The van der Waals surface area contributed by atoms with Crippen molar-refractivity contribution >= 4 is 17.4 Å². The van der Waals surface area contributed by atoms with Gasteiger partial charge >= 0.3 is 6.03 Å². The molecule has 0 unspecified atom stereocenters. The van der Waals surface area contributed by atoms with Gasteiger partial charge in [0.05, 0.1) is 17.1 Å². The number of urea groups is 1. The zero-order chi connectivity index (χ0) is 15.4. The number of amides is 2. The molecule has 3 rings (SSSR count). The Hall–Kier alpha value is -1.82. The summed E-state index contributed by atoms with van der Waals surface area (Å²) in [5.74, 6) is 1.16. The average Bonchev–Trinajstić information content (AvgIpc) is 3.18. The van der Waals surface area contributed by atoms with Crippen LogP contribution in [0.15, 0.2) is 28.2 Å². The number of nitrogens with zero attached hydrogens (tertiary/aromatic N) is 1. The summed E-state index contributed by atoms with van der Waals surface area (Å²) in [5, 5.41) is 7.91. The van der Waals surface area contributed by atoms with Crippen LogP contribution >= 0.6 is 11.3 Å². The summed E-state index contributed by atoms with van der Waals surface area (Å²) in [6, 6.07) is 4.08. The Morgan fingerprint density at radius 3 is 3.09 bits per heavy atom. The molecule has 0 bridgehead atoms. The van der Waals surface area contributed by atoms with E-state index in [2.05, 4.69) is 22.5 Å². The molecule has 0 aliphatic heterocycles. The number of aromatic nitrogens is 1. The molecule has 2 heterocycles. The van der Waals surface area contributed by atoms with Crippen molar-refractivity contribution < 1.29 is 9.21 Å². The standard InChI is InChI=1S/C16H21N3O2S/c1-11-5-2-3-6-13(11)19-16(20)17-9-12-10-21-15(18-12)14-7-4-8-22-14/h4,7-8,10-11,13H,2-3,5-6,9H2,1H3,(H2,17,19,20)/t11-,13-/m1/s1. The first-order valence-electron chi connectivity index (χ1n) is 7.75. The first kappa shape index (κ1) is 15.1. The van der Waals surface area contributed by atoms with Gasteiger partial charge in [-0.05, 0) is 30.2 Å². The lowest BCUT2D eigenvalue weighted by atomic mass is 9.86. The van der Waals surface area contributed by atoms with Crippen molar-refractivity contribution in [3.8, 4) is 10.8 Å². The molecule has 1 aliphatic rings. The number of hydrogen-bond donors (Lipinski definition) is 2. The molecule has 2 N–H and O–H groups in total. The number of carbonyl (C=O) groups is 1. The predicted octanol–water partition coefficient (Wildman–Crippen LogP) is 3.78. The van der Waals surface area contributed by atoms with E-state index in [1.54, 1.807) is 17.6 Å². The third-order valence-corrected chi connectivity index (χ3v) is 5.00. The monoisotopic (exact) mass is 319 g/mol. The molecular formula is C16H21N3O2S. The van der Waals surface area contributed by atoms with E-state index in [1.165, 1.54) is 19.3 Å². The summed E-state index contributed by atoms with van der Waals surface area (Å²) in [6.07, 6.45) is 6.33. The first-order valence-corrected chi connectivity index (χ1v) is 8.63. The van der Waals surface area contributed by atoms with Gasteiger partial charge in [0.15, 0.2) is 0 Å². The summed E-state index contributed by atoms with van der Waals surface area (Å²) < 4.78 is 5.44. The predicted molar refractivity (Wildman–Crippen MR) is 86.6 cm³/mol.